The third kappa shape index (κ3) is 8.29. The van der Waals surface area contributed by atoms with Gasteiger partial charge in [0.05, 0.1) is 0 Å². The number of benzene rings is 1. The van der Waals surface area contributed by atoms with Crippen molar-refractivity contribution in [1.29, 1.82) is 0 Å². The molecule has 0 fully saturated rings. The van der Waals surface area contributed by atoms with Crippen molar-refractivity contribution in [3.8, 4) is 0 Å². The van der Waals surface area contributed by atoms with Crippen molar-refractivity contribution in [2.75, 3.05) is 6.61 Å². The maximum absolute atomic E-state index is 10.7. The third-order valence-electron chi connectivity index (χ3n) is 1.93. The summed E-state index contributed by atoms with van der Waals surface area (Å²) in [5.74, 6) is 0.265. The molecule has 0 spiro atoms. The minimum atomic E-state index is -6.09. The molecule has 1 atom stereocenters. The first-order valence-electron chi connectivity index (χ1n) is 4.77. The molecule has 0 radical (unpaired) electrons. The second-order valence-corrected chi connectivity index (χ2v) is 4.77. The molecule has 1 rings (SSSR count). The largest absolute Gasteiger partial charge is 1.00 e. The van der Waals surface area contributed by atoms with Crippen LogP contribution in [0.3, 0.4) is 0 Å². The Kier molecular flexibility index (Phi) is 9.42. The van der Waals surface area contributed by atoms with Crippen LogP contribution in [0.4, 0.5) is 13.2 Å². The summed E-state index contributed by atoms with van der Waals surface area (Å²) in [5, 5.41) is 8.79. The van der Waals surface area contributed by atoms with Gasteiger partial charge in [-0.3, -0.25) is 0 Å². The van der Waals surface area contributed by atoms with E-state index < -0.39 is 15.6 Å². The van der Waals surface area contributed by atoms with Crippen molar-refractivity contribution in [2.45, 2.75) is 18.3 Å². The van der Waals surface area contributed by atoms with E-state index in [1.807, 2.05) is 37.3 Å². The van der Waals surface area contributed by atoms with Crippen molar-refractivity contribution < 1.29 is 50.1 Å². The second-order valence-electron chi connectivity index (χ2n) is 3.39. The van der Waals surface area contributed by atoms with Crippen LogP contribution in [0, 0.1) is 0 Å². The van der Waals surface area contributed by atoms with Crippen molar-refractivity contribution in [3.63, 3.8) is 0 Å². The smallest absolute Gasteiger partial charge is 0.741 e. The normalized spacial score (nSPS) is 12.7. The summed E-state index contributed by atoms with van der Waals surface area (Å²) in [4.78, 5) is 0. The molecule has 0 saturated carbocycles. The van der Waals surface area contributed by atoms with Gasteiger partial charge in [-0.2, -0.15) is 13.2 Å². The number of hydrogen-bond acceptors (Lipinski definition) is 4. The van der Waals surface area contributed by atoms with Crippen LogP contribution in [0.15, 0.2) is 30.3 Å². The van der Waals surface area contributed by atoms with Crippen molar-refractivity contribution in [3.05, 3.63) is 35.9 Å². The Morgan fingerprint density at radius 1 is 1.26 bits per heavy atom. The van der Waals surface area contributed by atoms with E-state index in [1.165, 1.54) is 5.56 Å². The van der Waals surface area contributed by atoms with Gasteiger partial charge in [-0.1, -0.05) is 37.3 Å². The van der Waals surface area contributed by atoms with Gasteiger partial charge in [0.2, 0.25) is 0 Å². The van der Waals surface area contributed by atoms with Gasteiger partial charge in [0, 0.05) is 12.5 Å². The zero-order valence-corrected chi connectivity index (χ0v) is 11.2. The molecular formula is C10H12F3LiO4S. The van der Waals surface area contributed by atoms with E-state index in [4.69, 9.17) is 18.1 Å². The Morgan fingerprint density at radius 3 is 1.89 bits per heavy atom. The molecule has 0 aromatic heterocycles. The topological polar surface area (TPSA) is 77.4 Å². The van der Waals surface area contributed by atoms with Crippen LogP contribution in [0.5, 0.6) is 0 Å². The summed E-state index contributed by atoms with van der Waals surface area (Å²) >= 11 is 0. The van der Waals surface area contributed by atoms with Crippen molar-refractivity contribution in [2.24, 2.45) is 0 Å². The first-order chi connectivity index (χ1) is 8.09. The van der Waals surface area contributed by atoms with Crippen LogP contribution in [0.2, 0.25) is 0 Å². The zero-order chi connectivity index (χ0) is 14.4. The predicted octanol–water partition coefficient (Wildman–Crippen LogP) is -1.16. The van der Waals surface area contributed by atoms with Gasteiger partial charge in [0.25, 0.3) is 0 Å². The molecular weight excluding hydrogens is 280 g/mol. The maximum atomic E-state index is 10.7. The summed E-state index contributed by atoms with van der Waals surface area (Å²) in [6, 6.07) is 10.0. The molecule has 1 aromatic carbocycles. The van der Waals surface area contributed by atoms with E-state index >= 15 is 0 Å². The Labute approximate surface area is 121 Å². The SMILES string of the molecule is CC(CO)c1ccccc1.O=S(=O)([O-])C(F)(F)F.[Li+]. The predicted molar refractivity (Wildman–Crippen MR) is 57.7 cm³/mol. The molecule has 104 valence electrons. The van der Waals surface area contributed by atoms with Crippen LogP contribution < -0.4 is 18.9 Å². The summed E-state index contributed by atoms with van der Waals surface area (Å²) in [6.45, 7) is 2.24. The first kappa shape index (κ1) is 20.8. The van der Waals surface area contributed by atoms with Crippen LogP contribution >= 0.6 is 0 Å². The Bertz CT molecular complexity index is 448. The quantitative estimate of drug-likeness (QED) is 0.424. The summed E-state index contributed by atoms with van der Waals surface area (Å²) in [7, 11) is -6.09. The minimum Gasteiger partial charge on any atom is -0.741 e. The van der Waals surface area contributed by atoms with E-state index in [9.17, 15) is 13.2 Å². The number of alkyl halides is 3. The molecule has 9 heteroatoms. The number of aliphatic hydroxyl groups excluding tert-OH is 1. The van der Waals surface area contributed by atoms with Crippen LogP contribution in [-0.4, -0.2) is 30.2 Å². The van der Waals surface area contributed by atoms with Crippen LogP contribution in [-0.2, 0) is 10.1 Å². The molecule has 0 amide bonds. The fraction of sp³-hybridized carbons (Fsp3) is 0.400. The van der Waals surface area contributed by atoms with Gasteiger partial charge in [-0.05, 0) is 5.56 Å². The molecule has 4 nitrogen and oxygen atoms in total. The summed E-state index contributed by atoms with van der Waals surface area (Å²) < 4.78 is 58.9. The molecule has 1 N–H and O–H groups in total. The molecule has 0 saturated heterocycles. The van der Waals surface area contributed by atoms with Crippen LogP contribution in [0.25, 0.3) is 0 Å². The number of halogens is 3. The van der Waals surface area contributed by atoms with Gasteiger partial charge < -0.3 is 9.66 Å². The maximum Gasteiger partial charge on any atom is 1.00 e. The second kappa shape index (κ2) is 8.61. The monoisotopic (exact) mass is 292 g/mol. The van der Waals surface area contributed by atoms with E-state index in [0.29, 0.717) is 0 Å². The first-order valence-corrected chi connectivity index (χ1v) is 6.18. The van der Waals surface area contributed by atoms with Gasteiger partial charge >= 0.3 is 24.4 Å². The average Bonchev–Trinajstić information content (AvgIpc) is 2.27. The Balaban J connectivity index is 0. The minimum absolute atomic E-state index is 0. The van der Waals surface area contributed by atoms with Crippen LogP contribution in [0.1, 0.15) is 18.4 Å². The molecule has 0 aliphatic heterocycles. The Hall–Kier alpha value is -0.523. The Morgan fingerprint density at radius 2 is 1.63 bits per heavy atom. The van der Waals surface area contributed by atoms with E-state index in [2.05, 4.69) is 0 Å². The fourth-order valence-corrected chi connectivity index (χ4v) is 0.887. The third-order valence-corrected chi connectivity index (χ3v) is 2.49. The van der Waals surface area contributed by atoms with Crippen molar-refractivity contribution >= 4 is 10.1 Å². The summed E-state index contributed by atoms with van der Waals surface area (Å²) in [6.07, 6.45) is 0. The molecule has 0 aliphatic carbocycles. The van der Waals surface area contributed by atoms with Gasteiger partial charge in [0.1, 0.15) is 0 Å². The number of aliphatic hydroxyl groups is 1. The standard InChI is InChI=1S/C9H12O.CHF3O3S.Li/c1-8(7-10)9-5-3-2-4-6-9;2-1(3,4)8(5,6)7;/h2-6,8,10H,7H2,1H3;(H,5,6,7);/q;;+1/p-1. The molecule has 0 aliphatic rings. The number of rotatable bonds is 2. The molecule has 0 heterocycles. The number of hydrogen-bond donors (Lipinski definition) is 1. The molecule has 1 aromatic rings. The van der Waals surface area contributed by atoms with E-state index in [0.717, 1.165) is 0 Å². The zero-order valence-electron chi connectivity index (χ0n) is 10.4. The fourth-order valence-electron chi connectivity index (χ4n) is 0.887. The molecule has 1 unspecified atom stereocenters. The summed E-state index contributed by atoms with van der Waals surface area (Å²) in [5.41, 5.74) is -4.45. The van der Waals surface area contributed by atoms with E-state index in [1.54, 1.807) is 0 Å². The van der Waals surface area contributed by atoms with Crippen molar-refractivity contribution in [1.82, 2.24) is 0 Å². The van der Waals surface area contributed by atoms with Gasteiger partial charge in [-0.25, -0.2) is 8.42 Å². The van der Waals surface area contributed by atoms with E-state index in [-0.39, 0.29) is 31.4 Å². The molecule has 19 heavy (non-hydrogen) atoms. The molecule has 0 bridgehead atoms. The van der Waals surface area contributed by atoms with Gasteiger partial charge in [-0.15, -0.1) is 0 Å². The average molecular weight is 292 g/mol. The van der Waals surface area contributed by atoms with Gasteiger partial charge in [0.15, 0.2) is 10.1 Å².